The number of carbonyl (C=O) groups is 2. The van der Waals surface area contributed by atoms with Crippen molar-refractivity contribution in [1.82, 2.24) is 5.32 Å². The molecule has 19 heavy (non-hydrogen) atoms. The van der Waals surface area contributed by atoms with E-state index >= 15 is 0 Å². The molecule has 0 fully saturated rings. The minimum Gasteiger partial charge on any atom is -0.481 e. The van der Waals surface area contributed by atoms with Crippen LogP contribution < -0.4 is 5.32 Å². The molecule has 5 nitrogen and oxygen atoms in total. The van der Waals surface area contributed by atoms with Crippen molar-refractivity contribution < 1.29 is 32.6 Å². The van der Waals surface area contributed by atoms with Crippen LogP contribution in [0.3, 0.4) is 0 Å². The van der Waals surface area contributed by atoms with Gasteiger partial charge in [-0.3, -0.25) is 9.59 Å². The lowest BCUT2D eigenvalue weighted by atomic mass is 10.1. The second kappa shape index (κ2) is 9.60. The Bertz CT molecular complexity index is 282. The molecule has 0 spiro atoms. The van der Waals surface area contributed by atoms with Crippen molar-refractivity contribution in [3.63, 3.8) is 0 Å². The van der Waals surface area contributed by atoms with Gasteiger partial charge in [0, 0.05) is 13.0 Å². The van der Waals surface area contributed by atoms with Gasteiger partial charge in [0.2, 0.25) is 5.91 Å². The maximum Gasteiger partial charge on any atom is 0.411 e. The van der Waals surface area contributed by atoms with E-state index in [1.54, 1.807) is 0 Å². The maximum absolute atomic E-state index is 11.7. The SMILES string of the molecule is O=C(O)CCCCCCNC(=O)COCC(F)(F)F. The van der Waals surface area contributed by atoms with Crippen molar-refractivity contribution in [3.05, 3.63) is 0 Å². The van der Waals surface area contributed by atoms with Crippen LogP contribution in [0.15, 0.2) is 0 Å². The Morgan fingerprint density at radius 3 is 2.32 bits per heavy atom. The molecule has 2 N–H and O–H groups in total. The minimum absolute atomic E-state index is 0.123. The van der Waals surface area contributed by atoms with Gasteiger partial charge >= 0.3 is 12.1 Å². The molecule has 0 aromatic rings. The molecule has 0 aliphatic rings. The third-order valence-electron chi connectivity index (χ3n) is 2.14. The first kappa shape index (κ1) is 17.7. The van der Waals surface area contributed by atoms with Gasteiger partial charge in [-0.2, -0.15) is 13.2 Å². The van der Waals surface area contributed by atoms with Crippen LogP contribution in [0.4, 0.5) is 13.2 Å². The second-order valence-electron chi connectivity index (χ2n) is 4.02. The van der Waals surface area contributed by atoms with E-state index in [0.717, 1.165) is 12.8 Å². The molecule has 112 valence electrons. The van der Waals surface area contributed by atoms with Crippen molar-refractivity contribution in [2.24, 2.45) is 0 Å². The average molecular weight is 285 g/mol. The van der Waals surface area contributed by atoms with Gasteiger partial charge < -0.3 is 15.2 Å². The molecule has 1 amide bonds. The summed E-state index contributed by atoms with van der Waals surface area (Å²) in [4.78, 5) is 21.2. The number of carbonyl (C=O) groups excluding carboxylic acids is 1. The number of hydrogen-bond donors (Lipinski definition) is 2. The van der Waals surface area contributed by atoms with Crippen LogP contribution in [0.25, 0.3) is 0 Å². The summed E-state index contributed by atoms with van der Waals surface area (Å²) in [5.74, 6) is -1.43. The highest BCUT2D eigenvalue weighted by molar-refractivity contribution is 5.77. The Labute approximate surface area is 109 Å². The molecular weight excluding hydrogens is 267 g/mol. The first-order chi connectivity index (χ1) is 8.81. The number of aliphatic carboxylic acids is 1. The zero-order valence-electron chi connectivity index (χ0n) is 10.5. The van der Waals surface area contributed by atoms with Crippen LogP contribution in [0.5, 0.6) is 0 Å². The topological polar surface area (TPSA) is 75.6 Å². The van der Waals surface area contributed by atoms with E-state index in [1.807, 2.05) is 0 Å². The van der Waals surface area contributed by atoms with Crippen LogP contribution in [0.2, 0.25) is 0 Å². The molecule has 0 aliphatic heterocycles. The highest BCUT2D eigenvalue weighted by Crippen LogP contribution is 2.14. The van der Waals surface area contributed by atoms with Gasteiger partial charge in [0.15, 0.2) is 0 Å². The Kier molecular flexibility index (Phi) is 8.94. The number of carboxylic acid groups (broad SMARTS) is 1. The third-order valence-corrected chi connectivity index (χ3v) is 2.14. The van der Waals surface area contributed by atoms with Crippen LogP contribution in [-0.2, 0) is 14.3 Å². The van der Waals surface area contributed by atoms with Crippen molar-refractivity contribution in [3.8, 4) is 0 Å². The van der Waals surface area contributed by atoms with E-state index in [4.69, 9.17) is 5.11 Å². The number of alkyl halides is 3. The largest absolute Gasteiger partial charge is 0.481 e. The van der Waals surface area contributed by atoms with Gasteiger partial charge in [0.25, 0.3) is 0 Å². The molecule has 0 saturated heterocycles. The fraction of sp³-hybridized carbons (Fsp3) is 0.818. The summed E-state index contributed by atoms with van der Waals surface area (Å²) >= 11 is 0. The van der Waals surface area contributed by atoms with Crippen LogP contribution in [0.1, 0.15) is 32.1 Å². The van der Waals surface area contributed by atoms with Gasteiger partial charge in [-0.25, -0.2) is 0 Å². The lowest BCUT2D eigenvalue weighted by Gasteiger charge is -2.08. The molecule has 0 aromatic heterocycles. The molecule has 8 heteroatoms. The average Bonchev–Trinajstić information content (AvgIpc) is 2.25. The molecule has 0 heterocycles. The van der Waals surface area contributed by atoms with Crippen molar-refractivity contribution in [1.29, 1.82) is 0 Å². The van der Waals surface area contributed by atoms with Crippen molar-refractivity contribution >= 4 is 11.9 Å². The second-order valence-corrected chi connectivity index (χ2v) is 4.02. The Hall–Kier alpha value is -1.31. The number of unbranched alkanes of at least 4 members (excludes halogenated alkanes) is 3. The summed E-state index contributed by atoms with van der Waals surface area (Å²) in [6, 6.07) is 0. The number of nitrogens with one attached hydrogen (secondary N) is 1. The fourth-order valence-electron chi connectivity index (χ4n) is 1.29. The quantitative estimate of drug-likeness (QED) is 0.599. The molecule has 0 aromatic carbocycles. The van der Waals surface area contributed by atoms with Gasteiger partial charge in [-0.15, -0.1) is 0 Å². The third kappa shape index (κ3) is 14.6. The summed E-state index contributed by atoms with van der Waals surface area (Å²) in [5, 5.41) is 10.8. The Morgan fingerprint density at radius 1 is 1.11 bits per heavy atom. The monoisotopic (exact) mass is 285 g/mol. The van der Waals surface area contributed by atoms with Crippen molar-refractivity contribution in [2.45, 2.75) is 38.3 Å². The Balaban J connectivity index is 3.32. The number of halogens is 3. The number of amides is 1. The zero-order chi connectivity index (χ0) is 14.7. The minimum atomic E-state index is -4.43. The highest BCUT2D eigenvalue weighted by atomic mass is 19.4. The molecule has 0 atom stereocenters. The lowest BCUT2D eigenvalue weighted by Crippen LogP contribution is -2.30. The fourth-order valence-corrected chi connectivity index (χ4v) is 1.29. The van der Waals surface area contributed by atoms with E-state index in [1.165, 1.54) is 0 Å². The van der Waals surface area contributed by atoms with E-state index in [0.29, 0.717) is 19.4 Å². The summed E-state index contributed by atoms with van der Waals surface area (Å²) in [7, 11) is 0. The number of rotatable bonds is 10. The number of ether oxygens (including phenoxy) is 1. The maximum atomic E-state index is 11.7. The predicted octanol–water partition coefficient (Wildman–Crippen LogP) is 1.72. The molecule has 0 rings (SSSR count). The Morgan fingerprint density at radius 2 is 1.74 bits per heavy atom. The number of hydrogen-bond acceptors (Lipinski definition) is 3. The zero-order valence-corrected chi connectivity index (χ0v) is 10.5. The van der Waals surface area contributed by atoms with Crippen molar-refractivity contribution in [2.75, 3.05) is 19.8 Å². The van der Waals surface area contributed by atoms with Gasteiger partial charge in [0.05, 0.1) is 0 Å². The molecule has 0 aliphatic carbocycles. The molecule has 0 saturated carbocycles. The predicted molar refractivity (Wildman–Crippen MR) is 60.6 cm³/mol. The standard InChI is InChI=1S/C11H18F3NO4/c12-11(13,14)8-19-7-9(16)15-6-4-2-1-3-5-10(17)18/h1-8H2,(H,15,16)(H,17,18). The van der Waals surface area contributed by atoms with Gasteiger partial charge in [0.1, 0.15) is 13.2 Å². The lowest BCUT2D eigenvalue weighted by molar-refractivity contribution is -0.175. The first-order valence-corrected chi connectivity index (χ1v) is 5.94. The van der Waals surface area contributed by atoms with Crippen LogP contribution >= 0.6 is 0 Å². The highest BCUT2D eigenvalue weighted by Gasteiger charge is 2.27. The van der Waals surface area contributed by atoms with E-state index in [2.05, 4.69) is 10.1 Å². The molecular formula is C11H18F3NO4. The van der Waals surface area contributed by atoms with Gasteiger partial charge in [-0.05, 0) is 12.8 Å². The molecule has 0 unspecified atom stereocenters. The molecule has 0 bridgehead atoms. The van der Waals surface area contributed by atoms with Crippen LogP contribution in [0, 0.1) is 0 Å². The van der Waals surface area contributed by atoms with E-state index in [-0.39, 0.29) is 6.42 Å². The smallest absolute Gasteiger partial charge is 0.411 e. The first-order valence-electron chi connectivity index (χ1n) is 5.94. The molecule has 0 radical (unpaired) electrons. The van der Waals surface area contributed by atoms with E-state index < -0.39 is 31.3 Å². The van der Waals surface area contributed by atoms with Gasteiger partial charge in [-0.1, -0.05) is 12.8 Å². The van der Waals surface area contributed by atoms with Crippen LogP contribution in [-0.4, -0.2) is 42.9 Å². The summed E-state index contributed by atoms with van der Waals surface area (Å²) < 4.78 is 39.2. The summed E-state index contributed by atoms with van der Waals surface area (Å²) in [6.07, 6.45) is -1.56. The normalized spacial score (nSPS) is 11.3. The summed E-state index contributed by atoms with van der Waals surface area (Å²) in [6.45, 7) is -1.70. The number of carboxylic acids is 1. The van der Waals surface area contributed by atoms with E-state index in [9.17, 15) is 22.8 Å². The summed E-state index contributed by atoms with van der Waals surface area (Å²) in [5.41, 5.74) is 0.